The average Bonchev–Trinajstić information content (AvgIpc) is 2.92. The third kappa shape index (κ3) is 3.23. The Balaban J connectivity index is 1.67. The van der Waals surface area contributed by atoms with Crippen LogP contribution in [-0.4, -0.2) is 33.3 Å². The van der Waals surface area contributed by atoms with Crippen LogP contribution >= 0.6 is 0 Å². The van der Waals surface area contributed by atoms with Crippen molar-refractivity contribution in [1.82, 2.24) is 9.88 Å². The molecule has 7 nitrogen and oxygen atoms in total. The molecular weight excluding hydrogens is 308 g/mol. The summed E-state index contributed by atoms with van der Waals surface area (Å²) in [6.45, 7) is 2.91. The summed E-state index contributed by atoms with van der Waals surface area (Å²) in [5.41, 5.74) is 0.711. The van der Waals surface area contributed by atoms with Crippen molar-refractivity contribution >= 4 is 10.0 Å². The van der Waals surface area contributed by atoms with Gasteiger partial charge in [0.1, 0.15) is 19.0 Å². The number of benzene rings is 1. The van der Waals surface area contributed by atoms with E-state index < -0.39 is 10.0 Å². The van der Waals surface area contributed by atoms with Crippen LogP contribution in [0.3, 0.4) is 0 Å². The van der Waals surface area contributed by atoms with Gasteiger partial charge in [0.05, 0.1) is 10.6 Å². The molecule has 1 N–H and O–H groups in total. The van der Waals surface area contributed by atoms with Crippen molar-refractivity contribution in [3.63, 3.8) is 0 Å². The maximum absolute atomic E-state index is 12.3. The zero-order chi connectivity index (χ0) is 15.6. The van der Waals surface area contributed by atoms with Crippen molar-refractivity contribution < 1.29 is 22.4 Å². The third-order valence-corrected chi connectivity index (χ3v) is 4.63. The molecule has 1 aliphatic heterocycles. The number of hydrogen-bond acceptors (Lipinski definition) is 6. The predicted octanol–water partition coefficient (Wildman–Crippen LogP) is 1.28. The van der Waals surface area contributed by atoms with Crippen LogP contribution in [0.2, 0.25) is 0 Å². The van der Waals surface area contributed by atoms with E-state index in [1.807, 2.05) is 0 Å². The Hall–Kier alpha value is -2.06. The summed E-state index contributed by atoms with van der Waals surface area (Å²) in [5, 5.41) is 3.82. The van der Waals surface area contributed by atoms with Gasteiger partial charge in [-0.15, -0.1) is 0 Å². The molecule has 0 atom stereocenters. The summed E-state index contributed by atoms with van der Waals surface area (Å²) in [4.78, 5) is 0.146. The van der Waals surface area contributed by atoms with Crippen LogP contribution in [-0.2, 0) is 16.4 Å². The van der Waals surface area contributed by atoms with Gasteiger partial charge in [0.2, 0.25) is 10.0 Å². The van der Waals surface area contributed by atoms with Crippen LogP contribution < -0.4 is 14.2 Å². The quantitative estimate of drug-likeness (QED) is 0.891. The Labute approximate surface area is 128 Å². The van der Waals surface area contributed by atoms with Gasteiger partial charge in [0.15, 0.2) is 11.5 Å². The summed E-state index contributed by atoms with van der Waals surface area (Å²) in [6, 6.07) is 6.34. The maximum Gasteiger partial charge on any atom is 0.240 e. The molecule has 1 aliphatic rings. The van der Waals surface area contributed by atoms with Crippen molar-refractivity contribution in [2.24, 2.45) is 0 Å². The molecule has 0 radical (unpaired) electrons. The number of hydrogen-bond donors (Lipinski definition) is 1. The largest absolute Gasteiger partial charge is 0.486 e. The molecule has 0 saturated heterocycles. The van der Waals surface area contributed by atoms with E-state index in [-0.39, 0.29) is 11.4 Å². The molecule has 22 heavy (non-hydrogen) atoms. The average molecular weight is 324 g/mol. The van der Waals surface area contributed by atoms with Gasteiger partial charge in [0, 0.05) is 25.1 Å². The van der Waals surface area contributed by atoms with Crippen molar-refractivity contribution in [3.8, 4) is 11.5 Å². The smallest absolute Gasteiger partial charge is 0.240 e. The molecule has 0 amide bonds. The molecule has 3 rings (SSSR count). The zero-order valence-corrected chi connectivity index (χ0v) is 12.9. The SMILES string of the molecule is Cc1cc(CCNS(=O)(=O)c2ccc3c(c2)OCCO3)no1. The molecule has 0 spiro atoms. The Morgan fingerprint density at radius 2 is 1.95 bits per heavy atom. The number of aromatic nitrogens is 1. The highest BCUT2D eigenvalue weighted by Crippen LogP contribution is 2.32. The van der Waals surface area contributed by atoms with Crippen molar-refractivity contribution in [2.75, 3.05) is 19.8 Å². The van der Waals surface area contributed by atoms with Gasteiger partial charge >= 0.3 is 0 Å². The number of nitrogens with zero attached hydrogens (tertiary/aromatic N) is 1. The summed E-state index contributed by atoms with van der Waals surface area (Å²) < 4.78 is 42.8. The van der Waals surface area contributed by atoms with Gasteiger partial charge in [-0.1, -0.05) is 5.16 Å². The molecule has 0 aliphatic carbocycles. The van der Waals surface area contributed by atoms with E-state index in [1.165, 1.54) is 12.1 Å². The van der Waals surface area contributed by atoms with E-state index in [4.69, 9.17) is 14.0 Å². The van der Waals surface area contributed by atoms with E-state index in [0.29, 0.717) is 42.6 Å². The first-order valence-electron chi connectivity index (χ1n) is 6.86. The van der Waals surface area contributed by atoms with Crippen LogP contribution in [0.1, 0.15) is 11.5 Å². The molecule has 0 unspecified atom stereocenters. The van der Waals surface area contributed by atoms with Crippen molar-refractivity contribution in [2.45, 2.75) is 18.2 Å². The van der Waals surface area contributed by atoms with E-state index >= 15 is 0 Å². The minimum Gasteiger partial charge on any atom is -0.486 e. The standard InChI is InChI=1S/C14H16N2O5S/c1-10-8-11(16-21-10)4-5-15-22(17,18)12-2-3-13-14(9-12)20-7-6-19-13/h2-3,8-9,15H,4-7H2,1H3. The Morgan fingerprint density at radius 1 is 1.18 bits per heavy atom. The molecule has 0 saturated carbocycles. The fraction of sp³-hybridized carbons (Fsp3) is 0.357. The fourth-order valence-electron chi connectivity index (χ4n) is 2.12. The van der Waals surface area contributed by atoms with E-state index in [9.17, 15) is 8.42 Å². The molecule has 8 heteroatoms. The van der Waals surface area contributed by atoms with Gasteiger partial charge in [-0.3, -0.25) is 0 Å². The van der Waals surface area contributed by atoms with Crippen LogP contribution in [0.4, 0.5) is 0 Å². The topological polar surface area (TPSA) is 90.7 Å². The lowest BCUT2D eigenvalue weighted by Gasteiger charge is -2.18. The minimum atomic E-state index is -3.60. The monoisotopic (exact) mass is 324 g/mol. The first-order chi connectivity index (χ1) is 10.5. The fourth-order valence-corrected chi connectivity index (χ4v) is 3.17. The van der Waals surface area contributed by atoms with Crippen LogP contribution in [0, 0.1) is 6.92 Å². The van der Waals surface area contributed by atoms with Crippen LogP contribution in [0.25, 0.3) is 0 Å². The molecule has 0 bridgehead atoms. The third-order valence-electron chi connectivity index (χ3n) is 3.17. The number of nitrogens with one attached hydrogen (secondary N) is 1. The van der Waals surface area contributed by atoms with Gasteiger partial charge in [-0.2, -0.15) is 0 Å². The molecule has 118 valence electrons. The van der Waals surface area contributed by atoms with Gasteiger partial charge in [-0.05, 0) is 19.1 Å². The highest BCUT2D eigenvalue weighted by atomic mass is 32.2. The minimum absolute atomic E-state index is 0.146. The summed E-state index contributed by atoms with van der Waals surface area (Å²) in [5.74, 6) is 1.70. The van der Waals surface area contributed by atoms with Crippen molar-refractivity contribution in [1.29, 1.82) is 0 Å². The van der Waals surface area contributed by atoms with Gasteiger partial charge < -0.3 is 14.0 Å². The number of ether oxygens (including phenoxy) is 2. The lowest BCUT2D eigenvalue weighted by Crippen LogP contribution is -2.26. The Morgan fingerprint density at radius 3 is 2.68 bits per heavy atom. The highest BCUT2D eigenvalue weighted by molar-refractivity contribution is 7.89. The summed E-state index contributed by atoms with van der Waals surface area (Å²) >= 11 is 0. The highest BCUT2D eigenvalue weighted by Gasteiger charge is 2.19. The van der Waals surface area contributed by atoms with E-state index in [2.05, 4.69) is 9.88 Å². The maximum atomic E-state index is 12.3. The van der Waals surface area contributed by atoms with Crippen LogP contribution in [0.5, 0.6) is 11.5 Å². The van der Waals surface area contributed by atoms with Gasteiger partial charge in [0.25, 0.3) is 0 Å². The molecule has 1 aromatic heterocycles. The number of rotatable bonds is 5. The number of fused-ring (bicyclic) bond motifs is 1. The predicted molar refractivity (Wildman–Crippen MR) is 77.6 cm³/mol. The van der Waals surface area contributed by atoms with Crippen LogP contribution in [0.15, 0.2) is 33.7 Å². The number of aryl methyl sites for hydroxylation is 1. The second-order valence-electron chi connectivity index (χ2n) is 4.88. The molecule has 1 aromatic carbocycles. The van der Waals surface area contributed by atoms with E-state index in [0.717, 1.165) is 0 Å². The first kappa shape index (κ1) is 14.9. The van der Waals surface area contributed by atoms with Gasteiger partial charge in [-0.25, -0.2) is 13.1 Å². The van der Waals surface area contributed by atoms with Crippen molar-refractivity contribution in [3.05, 3.63) is 35.7 Å². The second kappa shape index (κ2) is 5.98. The first-order valence-corrected chi connectivity index (χ1v) is 8.34. The summed E-state index contributed by atoms with van der Waals surface area (Å²) in [7, 11) is -3.60. The normalized spacial score (nSPS) is 14.0. The number of sulfonamides is 1. The molecule has 2 aromatic rings. The molecule has 2 heterocycles. The zero-order valence-electron chi connectivity index (χ0n) is 12.0. The Bertz CT molecular complexity index is 769. The lowest BCUT2D eigenvalue weighted by molar-refractivity contribution is 0.171. The lowest BCUT2D eigenvalue weighted by atomic mass is 10.3. The summed E-state index contributed by atoms with van der Waals surface area (Å²) in [6.07, 6.45) is 0.459. The molecule has 0 fully saturated rings. The Kier molecular flexibility index (Phi) is 4.04. The second-order valence-corrected chi connectivity index (χ2v) is 6.65. The molecular formula is C14H16N2O5S. The van der Waals surface area contributed by atoms with E-state index in [1.54, 1.807) is 19.1 Å².